The van der Waals surface area contributed by atoms with Crippen molar-refractivity contribution in [3.63, 3.8) is 0 Å². The van der Waals surface area contributed by atoms with E-state index in [-0.39, 0.29) is 5.56 Å². The molecule has 1 fully saturated rings. The summed E-state index contributed by atoms with van der Waals surface area (Å²) in [6.45, 7) is 4.95. The summed E-state index contributed by atoms with van der Waals surface area (Å²) in [6.07, 6.45) is 3.11. The normalized spacial score (nSPS) is 18.3. The van der Waals surface area contributed by atoms with Gasteiger partial charge in [-0.2, -0.15) is 0 Å². The van der Waals surface area contributed by atoms with Crippen LogP contribution in [-0.4, -0.2) is 48.8 Å². The third-order valence-corrected chi connectivity index (χ3v) is 5.10. The Balaban J connectivity index is 1.70. The molecular weight excluding hydrogens is 342 g/mol. The summed E-state index contributed by atoms with van der Waals surface area (Å²) in [5, 5.41) is 9.41. The average Bonchev–Trinajstić information content (AvgIpc) is 2.86. The maximum atomic E-state index is 11.5. The highest BCUT2D eigenvalue weighted by atomic mass is 16.5. The van der Waals surface area contributed by atoms with E-state index in [0.717, 1.165) is 67.3 Å². The first-order valence-electron chi connectivity index (χ1n) is 9.31. The highest BCUT2D eigenvalue weighted by Crippen LogP contribution is 2.37. The van der Waals surface area contributed by atoms with Gasteiger partial charge >= 0.3 is 5.97 Å². The van der Waals surface area contributed by atoms with E-state index in [0.29, 0.717) is 6.61 Å². The molecule has 0 saturated carbocycles. The van der Waals surface area contributed by atoms with Crippen LogP contribution in [0.3, 0.4) is 0 Å². The molecule has 4 rings (SSSR count). The Bertz CT molecular complexity index is 868. The monoisotopic (exact) mass is 365 g/mol. The smallest absolute Gasteiger partial charge is 0.335 e. The van der Waals surface area contributed by atoms with Crippen molar-refractivity contribution in [2.75, 3.05) is 32.8 Å². The molecule has 2 aromatic carbocycles. The number of aromatic carboxylic acids is 1. The number of hydrogen-bond acceptors (Lipinski definition) is 4. The van der Waals surface area contributed by atoms with Crippen LogP contribution in [0.1, 0.15) is 33.5 Å². The number of fused-ring (bicyclic) bond motifs is 2. The summed E-state index contributed by atoms with van der Waals surface area (Å²) in [4.78, 5) is 13.9. The highest BCUT2D eigenvalue weighted by molar-refractivity contribution is 5.92. The zero-order valence-corrected chi connectivity index (χ0v) is 15.2. The first-order chi connectivity index (χ1) is 13.2. The lowest BCUT2D eigenvalue weighted by atomic mass is 9.92. The van der Waals surface area contributed by atoms with E-state index in [2.05, 4.69) is 23.1 Å². The topological polar surface area (TPSA) is 59.0 Å². The Labute approximate surface area is 158 Å². The predicted octanol–water partition coefficient (Wildman–Crippen LogP) is 3.43. The van der Waals surface area contributed by atoms with Gasteiger partial charge in [-0.3, -0.25) is 4.90 Å². The number of carboxylic acids is 1. The van der Waals surface area contributed by atoms with Crippen LogP contribution in [0, 0.1) is 0 Å². The molecule has 0 aliphatic carbocycles. The molecule has 5 nitrogen and oxygen atoms in total. The van der Waals surface area contributed by atoms with Gasteiger partial charge in [-0.05, 0) is 41.3 Å². The van der Waals surface area contributed by atoms with E-state index in [9.17, 15) is 9.90 Å². The van der Waals surface area contributed by atoms with Gasteiger partial charge in [-0.25, -0.2) is 4.79 Å². The van der Waals surface area contributed by atoms with Gasteiger partial charge in [0, 0.05) is 25.2 Å². The molecule has 1 N–H and O–H groups in total. The van der Waals surface area contributed by atoms with Crippen molar-refractivity contribution in [1.82, 2.24) is 4.90 Å². The minimum absolute atomic E-state index is 0.274. The second-order valence-corrected chi connectivity index (χ2v) is 6.82. The predicted molar refractivity (Wildman–Crippen MR) is 103 cm³/mol. The molecule has 5 heteroatoms. The standard InChI is InChI=1S/C22H23NO4/c24-22(25)16-7-8-21-20(14-16)19(6-3-9-23-10-12-26-13-11-23)18-5-2-1-4-17(18)15-27-21/h1-2,4-8,14H,3,9-13,15H2,(H,24,25)/b19-6-. The lowest BCUT2D eigenvalue weighted by molar-refractivity contribution is 0.0387. The zero-order chi connectivity index (χ0) is 18.6. The molecule has 140 valence electrons. The largest absolute Gasteiger partial charge is 0.488 e. The van der Waals surface area contributed by atoms with Gasteiger partial charge in [0.2, 0.25) is 0 Å². The summed E-state index contributed by atoms with van der Waals surface area (Å²) in [7, 11) is 0. The number of nitrogens with zero attached hydrogens (tertiary/aromatic N) is 1. The van der Waals surface area contributed by atoms with Crippen LogP contribution in [0.25, 0.3) is 5.57 Å². The van der Waals surface area contributed by atoms with Crippen molar-refractivity contribution < 1.29 is 19.4 Å². The molecule has 2 aliphatic heterocycles. The van der Waals surface area contributed by atoms with E-state index in [1.54, 1.807) is 18.2 Å². The molecule has 0 atom stereocenters. The molecule has 0 amide bonds. The first-order valence-corrected chi connectivity index (χ1v) is 9.31. The zero-order valence-electron chi connectivity index (χ0n) is 15.2. The molecule has 0 unspecified atom stereocenters. The number of carbonyl (C=O) groups is 1. The van der Waals surface area contributed by atoms with Crippen LogP contribution in [0.2, 0.25) is 0 Å². The number of rotatable bonds is 4. The van der Waals surface area contributed by atoms with Crippen molar-refractivity contribution >= 4 is 11.5 Å². The summed E-state index contributed by atoms with van der Waals surface area (Å²) in [5.41, 5.74) is 4.40. The summed E-state index contributed by atoms with van der Waals surface area (Å²) in [5.74, 6) is -0.197. The second-order valence-electron chi connectivity index (χ2n) is 6.82. The van der Waals surface area contributed by atoms with Gasteiger partial charge in [0.1, 0.15) is 12.4 Å². The first kappa shape index (κ1) is 17.8. The van der Waals surface area contributed by atoms with Crippen molar-refractivity contribution in [1.29, 1.82) is 0 Å². The molecule has 0 radical (unpaired) electrons. The molecular formula is C22H23NO4. The molecule has 1 saturated heterocycles. The molecule has 0 aromatic heterocycles. The molecule has 2 aliphatic rings. The molecule has 2 heterocycles. The number of carboxylic acid groups (broad SMARTS) is 1. The van der Waals surface area contributed by atoms with Crippen molar-refractivity contribution in [2.45, 2.75) is 13.0 Å². The minimum atomic E-state index is -0.928. The van der Waals surface area contributed by atoms with Crippen LogP contribution in [0.5, 0.6) is 5.75 Å². The van der Waals surface area contributed by atoms with Gasteiger partial charge in [0.05, 0.1) is 18.8 Å². The van der Waals surface area contributed by atoms with Gasteiger partial charge in [-0.1, -0.05) is 30.3 Å². The van der Waals surface area contributed by atoms with E-state index < -0.39 is 5.97 Å². The lowest BCUT2D eigenvalue weighted by Crippen LogP contribution is -2.36. The van der Waals surface area contributed by atoms with Crippen molar-refractivity contribution in [3.8, 4) is 5.75 Å². The average molecular weight is 365 g/mol. The van der Waals surface area contributed by atoms with E-state index in [1.807, 2.05) is 12.1 Å². The third kappa shape index (κ3) is 3.89. The van der Waals surface area contributed by atoms with Gasteiger partial charge in [0.25, 0.3) is 0 Å². The maximum absolute atomic E-state index is 11.5. The summed E-state index contributed by atoms with van der Waals surface area (Å²) < 4.78 is 11.4. The Morgan fingerprint density at radius 2 is 1.93 bits per heavy atom. The SMILES string of the molecule is O=C(O)c1ccc2c(c1)/C(=C\CCN1CCOCC1)c1ccccc1CO2. The molecule has 0 bridgehead atoms. The van der Waals surface area contributed by atoms with Gasteiger partial charge in [0.15, 0.2) is 0 Å². The Hall–Kier alpha value is -2.63. The number of ether oxygens (including phenoxy) is 2. The van der Waals surface area contributed by atoms with Crippen molar-refractivity contribution in [3.05, 3.63) is 70.8 Å². The molecule has 27 heavy (non-hydrogen) atoms. The van der Waals surface area contributed by atoms with Gasteiger partial charge in [-0.15, -0.1) is 0 Å². The fourth-order valence-electron chi connectivity index (χ4n) is 3.65. The highest BCUT2D eigenvalue weighted by Gasteiger charge is 2.20. The second kappa shape index (κ2) is 7.94. The fourth-order valence-corrected chi connectivity index (χ4v) is 3.65. The number of benzene rings is 2. The Kier molecular flexibility index (Phi) is 5.23. The van der Waals surface area contributed by atoms with Gasteiger partial charge < -0.3 is 14.6 Å². The molecule has 0 spiro atoms. The number of hydrogen-bond donors (Lipinski definition) is 1. The minimum Gasteiger partial charge on any atom is -0.488 e. The number of morpholine rings is 1. The van der Waals surface area contributed by atoms with Crippen LogP contribution in [0.15, 0.2) is 48.5 Å². The van der Waals surface area contributed by atoms with Crippen LogP contribution < -0.4 is 4.74 Å². The van der Waals surface area contributed by atoms with E-state index >= 15 is 0 Å². The van der Waals surface area contributed by atoms with Crippen LogP contribution in [0.4, 0.5) is 0 Å². The Morgan fingerprint density at radius 3 is 2.74 bits per heavy atom. The third-order valence-electron chi connectivity index (χ3n) is 5.10. The quantitative estimate of drug-likeness (QED) is 0.900. The maximum Gasteiger partial charge on any atom is 0.335 e. The lowest BCUT2D eigenvalue weighted by Gasteiger charge is -2.26. The van der Waals surface area contributed by atoms with Crippen LogP contribution >= 0.6 is 0 Å². The fraction of sp³-hybridized carbons (Fsp3) is 0.318. The van der Waals surface area contributed by atoms with E-state index in [4.69, 9.17) is 9.47 Å². The Morgan fingerprint density at radius 1 is 1.11 bits per heavy atom. The summed E-state index contributed by atoms with van der Waals surface area (Å²) in [6, 6.07) is 13.3. The molecule has 2 aromatic rings. The summed E-state index contributed by atoms with van der Waals surface area (Å²) >= 11 is 0. The van der Waals surface area contributed by atoms with E-state index in [1.165, 1.54) is 0 Å². The van der Waals surface area contributed by atoms with Crippen molar-refractivity contribution in [2.24, 2.45) is 0 Å². The van der Waals surface area contributed by atoms with Crippen LogP contribution in [-0.2, 0) is 11.3 Å².